The summed E-state index contributed by atoms with van der Waals surface area (Å²) < 4.78 is 24.6. The quantitative estimate of drug-likeness (QED) is 0.420. The van der Waals surface area contributed by atoms with E-state index in [4.69, 9.17) is 18.6 Å². The van der Waals surface area contributed by atoms with E-state index in [9.17, 15) is 9.59 Å². The predicted molar refractivity (Wildman–Crippen MR) is 131 cm³/mol. The van der Waals surface area contributed by atoms with Gasteiger partial charge in [-0.1, -0.05) is 27.3 Å². The summed E-state index contributed by atoms with van der Waals surface area (Å²) in [6.07, 6.45) is 3.20. The Labute approximate surface area is 207 Å². The molecule has 0 fully saturated rings. The van der Waals surface area contributed by atoms with Crippen LogP contribution in [0.5, 0.6) is 11.5 Å². The number of carbonyl (C=O) groups excluding carboxylic acids is 1. The number of fused-ring (bicyclic) bond motifs is 1. The summed E-state index contributed by atoms with van der Waals surface area (Å²) in [6, 6.07) is 6.26. The highest BCUT2D eigenvalue weighted by Crippen LogP contribution is 2.40. The van der Waals surface area contributed by atoms with Gasteiger partial charge in [-0.05, 0) is 50.6 Å². The first-order valence-corrected chi connectivity index (χ1v) is 12.2. The minimum Gasteiger partial charge on any atom is -0.493 e. The van der Waals surface area contributed by atoms with Crippen LogP contribution in [-0.2, 0) is 9.53 Å². The van der Waals surface area contributed by atoms with Gasteiger partial charge in [0, 0.05) is 10.5 Å². The molecule has 3 heterocycles. The highest BCUT2D eigenvalue weighted by molar-refractivity contribution is 9.10. The fraction of sp³-hybridized carbons (Fsp3) is 0.292. The van der Waals surface area contributed by atoms with Crippen LogP contribution in [0, 0.1) is 0 Å². The highest BCUT2D eigenvalue weighted by Gasteiger charge is 2.35. The van der Waals surface area contributed by atoms with Crippen LogP contribution in [0.2, 0.25) is 0 Å². The average molecular weight is 547 g/mol. The molecule has 0 saturated carbocycles. The van der Waals surface area contributed by atoms with Gasteiger partial charge in [-0.15, -0.1) is 0 Å². The number of hydrogen-bond donors (Lipinski definition) is 0. The molecule has 0 bridgehead atoms. The van der Waals surface area contributed by atoms with E-state index in [0.717, 1.165) is 0 Å². The van der Waals surface area contributed by atoms with Gasteiger partial charge >= 0.3 is 5.97 Å². The number of allylic oxidation sites excluding steroid dienone is 1. The van der Waals surface area contributed by atoms with Crippen LogP contribution < -0.4 is 24.4 Å². The Morgan fingerprint density at radius 2 is 2.09 bits per heavy atom. The maximum Gasteiger partial charge on any atom is 0.338 e. The summed E-state index contributed by atoms with van der Waals surface area (Å²) in [4.78, 5) is 31.7. The molecule has 1 aliphatic rings. The van der Waals surface area contributed by atoms with Crippen molar-refractivity contribution in [1.29, 1.82) is 0 Å². The lowest BCUT2D eigenvalue weighted by atomic mass is 9.95. The number of esters is 1. The van der Waals surface area contributed by atoms with Crippen LogP contribution in [0.4, 0.5) is 0 Å². The van der Waals surface area contributed by atoms with Crippen molar-refractivity contribution in [3.05, 3.63) is 77.3 Å². The molecule has 10 heteroatoms. The number of methoxy groups -OCH3 is 1. The third-order valence-corrected chi connectivity index (χ3v) is 6.88. The molecule has 1 atom stereocenters. The largest absolute Gasteiger partial charge is 0.493 e. The molecule has 3 aromatic rings. The molecular formula is C24H23BrN2O6S. The van der Waals surface area contributed by atoms with E-state index < -0.39 is 12.0 Å². The molecular weight excluding hydrogens is 524 g/mol. The van der Waals surface area contributed by atoms with Gasteiger partial charge in [-0.3, -0.25) is 9.36 Å². The fourth-order valence-corrected chi connectivity index (χ4v) is 5.34. The average Bonchev–Trinajstić information content (AvgIpc) is 3.42. The lowest BCUT2D eigenvalue weighted by Crippen LogP contribution is -2.40. The number of rotatable bonds is 7. The lowest BCUT2D eigenvalue weighted by Gasteiger charge is -2.26. The SMILES string of the molecule is CCOC(=O)C1=C(C)N=c2s/c(=C/c3ccco3)c(=O)n2[C@H]1c1cc(OC)c(OCC)cc1Br. The molecule has 0 aliphatic carbocycles. The van der Waals surface area contributed by atoms with Gasteiger partial charge in [-0.25, -0.2) is 9.79 Å². The van der Waals surface area contributed by atoms with Crippen LogP contribution in [0.15, 0.2) is 60.5 Å². The van der Waals surface area contributed by atoms with Gasteiger partial charge in [0.25, 0.3) is 5.56 Å². The van der Waals surface area contributed by atoms with Gasteiger partial charge < -0.3 is 18.6 Å². The number of furan rings is 1. The van der Waals surface area contributed by atoms with Crippen LogP contribution in [0.1, 0.15) is 38.1 Å². The van der Waals surface area contributed by atoms with Gasteiger partial charge in [0.15, 0.2) is 16.3 Å². The van der Waals surface area contributed by atoms with Crippen molar-refractivity contribution < 1.29 is 23.4 Å². The fourth-order valence-electron chi connectivity index (χ4n) is 3.78. The van der Waals surface area contributed by atoms with Crippen LogP contribution >= 0.6 is 27.3 Å². The Morgan fingerprint density at radius 1 is 1.29 bits per heavy atom. The topological polar surface area (TPSA) is 92.3 Å². The monoisotopic (exact) mass is 546 g/mol. The van der Waals surface area contributed by atoms with Crippen molar-refractivity contribution in [2.24, 2.45) is 4.99 Å². The second-order valence-electron chi connectivity index (χ2n) is 7.28. The standard InChI is InChI=1S/C24H23BrN2O6S/c1-5-31-18-12-16(25)15(11-17(18)30-4)21-20(23(29)32-6-2)13(3)26-24-27(21)22(28)19(34-24)10-14-8-7-9-33-14/h7-12,21H,5-6H2,1-4H3/b19-10+/t21-/m0/s1. The van der Waals surface area contributed by atoms with Crippen molar-refractivity contribution in [3.8, 4) is 11.5 Å². The van der Waals surface area contributed by atoms with Crippen LogP contribution in [0.25, 0.3) is 6.08 Å². The first-order chi connectivity index (χ1) is 16.4. The summed E-state index contributed by atoms with van der Waals surface area (Å²) in [5.74, 6) is 1.04. The summed E-state index contributed by atoms with van der Waals surface area (Å²) in [7, 11) is 1.54. The normalized spacial score (nSPS) is 15.7. The van der Waals surface area contributed by atoms with Crippen LogP contribution in [0.3, 0.4) is 0 Å². The Morgan fingerprint density at radius 3 is 2.74 bits per heavy atom. The van der Waals surface area contributed by atoms with Gasteiger partial charge in [-0.2, -0.15) is 0 Å². The molecule has 0 radical (unpaired) electrons. The van der Waals surface area contributed by atoms with E-state index in [1.165, 1.54) is 29.3 Å². The van der Waals surface area contributed by atoms with Gasteiger partial charge in [0.1, 0.15) is 5.76 Å². The van der Waals surface area contributed by atoms with E-state index >= 15 is 0 Å². The van der Waals surface area contributed by atoms with Gasteiger partial charge in [0.2, 0.25) is 0 Å². The van der Waals surface area contributed by atoms with E-state index in [0.29, 0.717) is 48.9 Å². The number of aromatic nitrogens is 1. The van der Waals surface area contributed by atoms with Crippen molar-refractivity contribution in [3.63, 3.8) is 0 Å². The number of hydrogen-bond acceptors (Lipinski definition) is 8. The van der Waals surface area contributed by atoms with Crippen LogP contribution in [-0.4, -0.2) is 30.9 Å². The third-order valence-electron chi connectivity index (χ3n) is 5.21. The van der Waals surface area contributed by atoms with E-state index in [1.54, 1.807) is 44.2 Å². The molecule has 0 unspecified atom stereocenters. The molecule has 2 aromatic heterocycles. The number of benzene rings is 1. The number of halogens is 1. The molecule has 4 rings (SSSR count). The van der Waals surface area contributed by atoms with Crippen molar-refractivity contribution >= 4 is 39.3 Å². The molecule has 0 N–H and O–H groups in total. The number of carbonyl (C=O) groups is 1. The maximum absolute atomic E-state index is 13.6. The second kappa shape index (κ2) is 10.0. The van der Waals surface area contributed by atoms with E-state index in [1.807, 2.05) is 6.92 Å². The zero-order valence-corrected chi connectivity index (χ0v) is 21.5. The number of thiazole rings is 1. The molecule has 1 aliphatic heterocycles. The Balaban J connectivity index is 2.00. The minimum atomic E-state index is -0.784. The first kappa shape index (κ1) is 24.0. The van der Waals surface area contributed by atoms with Gasteiger partial charge in [0.05, 0.1) is 48.4 Å². The van der Waals surface area contributed by atoms with E-state index in [-0.39, 0.29) is 17.7 Å². The second-order valence-corrected chi connectivity index (χ2v) is 9.14. The molecule has 0 saturated heterocycles. The molecule has 8 nitrogen and oxygen atoms in total. The highest BCUT2D eigenvalue weighted by atomic mass is 79.9. The summed E-state index contributed by atoms with van der Waals surface area (Å²) >= 11 is 4.83. The molecule has 0 spiro atoms. The zero-order chi connectivity index (χ0) is 24.4. The minimum absolute atomic E-state index is 0.193. The Kier molecular flexibility index (Phi) is 7.08. The molecule has 178 valence electrons. The molecule has 1 aromatic carbocycles. The molecule has 34 heavy (non-hydrogen) atoms. The Hall–Kier alpha value is -3.11. The number of nitrogens with zero attached hydrogens (tertiary/aromatic N) is 2. The summed E-state index contributed by atoms with van der Waals surface area (Å²) in [6.45, 7) is 6.00. The lowest BCUT2D eigenvalue weighted by molar-refractivity contribution is -0.139. The zero-order valence-electron chi connectivity index (χ0n) is 19.1. The first-order valence-electron chi connectivity index (χ1n) is 10.6. The number of ether oxygens (including phenoxy) is 3. The van der Waals surface area contributed by atoms with Crippen molar-refractivity contribution in [2.45, 2.75) is 26.8 Å². The summed E-state index contributed by atoms with van der Waals surface area (Å²) in [5.41, 5.74) is 1.11. The van der Waals surface area contributed by atoms with E-state index in [2.05, 4.69) is 20.9 Å². The molecule has 0 amide bonds. The Bertz CT molecular complexity index is 1440. The maximum atomic E-state index is 13.6. The summed E-state index contributed by atoms with van der Waals surface area (Å²) in [5, 5.41) is 0. The third kappa shape index (κ3) is 4.35. The van der Waals surface area contributed by atoms with Crippen molar-refractivity contribution in [1.82, 2.24) is 4.57 Å². The smallest absolute Gasteiger partial charge is 0.338 e. The predicted octanol–water partition coefficient (Wildman–Crippen LogP) is 3.56. The van der Waals surface area contributed by atoms with Crippen molar-refractivity contribution in [2.75, 3.05) is 20.3 Å².